The zero-order valence-electron chi connectivity index (χ0n) is 11.1. The lowest BCUT2D eigenvalue weighted by molar-refractivity contribution is -0.141. The average Bonchev–Trinajstić information content (AvgIpc) is 2.44. The van der Waals surface area contributed by atoms with E-state index in [-0.39, 0.29) is 5.91 Å². The first-order valence-corrected chi connectivity index (χ1v) is 6.33. The van der Waals surface area contributed by atoms with Crippen molar-refractivity contribution in [1.29, 1.82) is 0 Å². The van der Waals surface area contributed by atoms with Gasteiger partial charge in [0.15, 0.2) is 0 Å². The molecule has 2 rings (SSSR count). The van der Waals surface area contributed by atoms with Crippen LogP contribution in [-0.4, -0.2) is 41.5 Å². The molecule has 0 aromatic heterocycles. The first-order valence-electron chi connectivity index (χ1n) is 6.33. The molecule has 5 heteroatoms. The number of carboxylic acids is 1. The van der Waals surface area contributed by atoms with Gasteiger partial charge < -0.3 is 15.3 Å². The van der Waals surface area contributed by atoms with E-state index in [1.54, 1.807) is 6.07 Å². The third kappa shape index (κ3) is 2.76. The average molecular weight is 262 g/mol. The van der Waals surface area contributed by atoms with Gasteiger partial charge in [0.25, 0.3) is 5.91 Å². The lowest BCUT2D eigenvalue weighted by Gasteiger charge is -2.23. The molecule has 0 unspecified atom stereocenters. The summed E-state index contributed by atoms with van der Waals surface area (Å²) in [6.45, 7) is 3.24. The fraction of sp³-hybridized carbons (Fsp3) is 0.429. The van der Waals surface area contributed by atoms with Crippen molar-refractivity contribution in [3.8, 4) is 0 Å². The number of likely N-dealkylation sites (N-methyl/N-ethyl adjacent to an activating group) is 1. The Kier molecular flexibility index (Phi) is 3.85. The number of carbonyl (C=O) groups is 2. The number of amides is 1. The smallest absolute Gasteiger partial charge is 0.326 e. The number of nitrogens with zero attached hydrogens (tertiary/aromatic N) is 1. The highest BCUT2D eigenvalue weighted by Crippen LogP contribution is 2.17. The molecule has 1 aliphatic heterocycles. The van der Waals surface area contributed by atoms with Gasteiger partial charge in [-0.05, 0) is 43.1 Å². The first-order chi connectivity index (χ1) is 9.00. The van der Waals surface area contributed by atoms with Crippen molar-refractivity contribution in [3.05, 3.63) is 34.9 Å². The summed E-state index contributed by atoms with van der Waals surface area (Å²) in [5, 5.41) is 12.2. The number of hydrogen-bond donors (Lipinski definition) is 2. The van der Waals surface area contributed by atoms with Crippen LogP contribution >= 0.6 is 0 Å². The summed E-state index contributed by atoms with van der Waals surface area (Å²) in [4.78, 5) is 24.4. The molecule has 5 nitrogen and oxygen atoms in total. The van der Waals surface area contributed by atoms with Crippen LogP contribution in [0.1, 0.15) is 28.4 Å². The second-order valence-corrected chi connectivity index (χ2v) is 4.84. The summed E-state index contributed by atoms with van der Waals surface area (Å²) >= 11 is 0. The van der Waals surface area contributed by atoms with Gasteiger partial charge in [0.05, 0.1) is 0 Å². The van der Waals surface area contributed by atoms with E-state index in [2.05, 4.69) is 5.32 Å². The normalized spacial score (nSPS) is 15.5. The molecule has 102 valence electrons. The predicted octanol–water partition coefficient (Wildman–Crippen LogP) is 0.877. The third-order valence-corrected chi connectivity index (χ3v) is 3.60. The monoisotopic (exact) mass is 262 g/mol. The van der Waals surface area contributed by atoms with E-state index in [1.165, 1.54) is 30.0 Å². The maximum atomic E-state index is 12.2. The molecular weight excluding hydrogens is 244 g/mol. The molecule has 0 fully saturated rings. The molecule has 1 aromatic carbocycles. The van der Waals surface area contributed by atoms with Crippen molar-refractivity contribution in [2.45, 2.75) is 25.9 Å². The molecule has 0 saturated carbocycles. The minimum absolute atomic E-state index is 0.253. The summed E-state index contributed by atoms with van der Waals surface area (Å²) in [5.41, 5.74) is 2.92. The molecule has 1 aliphatic rings. The predicted molar refractivity (Wildman–Crippen MR) is 71.0 cm³/mol. The zero-order valence-corrected chi connectivity index (χ0v) is 11.1. The molecule has 0 bridgehead atoms. The van der Waals surface area contributed by atoms with Crippen molar-refractivity contribution in [2.75, 3.05) is 13.6 Å². The largest absolute Gasteiger partial charge is 0.480 e. The van der Waals surface area contributed by atoms with Crippen molar-refractivity contribution >= 4 is 11.9 Å². The van der Waals surface area contributed by atoms with Crippen molar-refractivity contribution in [1.82, 2.24) is 10.2 Å². The number of fused-ring (bicyclic) bond motifs is 1. The van der Waals surface area contributed by atoms with Gasteiger partial charge in [-0.3, -0.25) is 4.79 Å². The Hall–Kier alpha value is -1.88. The molecule has 0 saturated heterocycles. The quantitative estimate of drug-likeness (QED) is 0.848. The van der Waals surface area contributed by atoms with Crippen LogP contribution in [0.3, 0.4) is 0 Å². The van der Waals surface area contributed by atoms with E-state index in [4.69, 9.17) is 5.11 Å². The van der Waals surface area contributed by atoms with Gasteiger partial charge >= 0.3 is 5.97 Å². The van der Waals surface area contributed by atoms with Gasteiger partial charge in [0.1, 0.15) is 6.04 Å². The molecule has 0 spiro atoms. The molecule has 1 atom stereocenters. The van der Waals surface area contributed by atoms with Crippen molar-refractivity contribution in [3.63, 3.8) is 0 Å². The fourth-order valence-electron chi connectivity index (χ4n) is 2.16. The third-order valence-electron chi connectivity index (χ3n) is 3.60. The minimum atomic E-state index is -1.00. The molecule has 1 heterocycles. The van der Waals surface area contributed by atoms with E-state index in [1.807, 2.05) is 12.1 Å². The van der Waals surface area contributed by atoms with Gasteiger partial charge in [-0.15, -0.1) is 0 Å². The number of hydrogen-bond acceptors (Lipinski definition) is 3. The Morgan fingerprint density at radius 2 is 2.11 bits per heavy atom. The molecule has 0 radical (unpaired) electrons. The molecule has 0 aliphatic carbocycles. The van der Waals surface area contributed by atoms with E-state index in [0.29, 0.717) is 5.56 Å². The Morgan fingerprint density at radius 1 is 1.37 bits per heavy atom. The highest BCUT2D eigenvalue weighted by Gasteiger charge is 2.23. The van der Waals surface area contributed by atoms with E-state index in [9.17, 15) is 9.59 Å². The van der Waals surface area contributed by atoms with Crippen LogP contribution in [0.4, 0.5) is 0 Å². The summed E-state index contributed by atoms with van der Waals surface area (Å²) in [7, 11) is 1.52. The molecule has 1 amide bonds. The van der Waals surface area contributed by atoms with Gasteiger partial charge in [0.2, 0.25) is 0 Å². The zero-order chi connectivity index (χ0) is 14.0. The van der Waals surface area contributed by atoms with Crippen LogP contribution in [0.2, 0.25) is 0 Å². The molecule has 2 N–H and O–H groups in total. The fourth-order valence-corrected chi connectivity index (χ4v) is 2.16. The van der Waals surface area contributed by atoms with Crippen molar-refractivity contribution in [2.24, 2.45) is 0 Å². The number of rotatable bonds is 3. The maximum Gasteiger partial charge on any atom is 0.326 e. The Bertz CT molecular complexity index is 513. The SMILES string of the molecule is C[C@@H](C(=O)O)N(C)C(=O)c1ccc2c(c1)CCNC2. The topological polar surface area (TPSA) is 69.6 Å². The van der Waals surface area contributed by atoms with Gasteiger partial charge in [-0.1, -0.05) is 6.07 Å². The van der Waals surface area contributed by atoms with E-state index < -0.39 is 12.0 Å². The molecular formula is C14H18N2O3. The van der Waals surface area contributed by atoms with E-state index in [0.717, 1.165) is 19.5 Å². The summed E-state index contributed by atoms with van der Waals surface area (Å²) < 4.78 is 0. The minimum Gasteiger partial charge on any atom is -0.480 e. The molecule has 1 aromatic rings. The summed E-state index contributed by atoms with van der Waals surface area (Å²) in [6, 6.07) is 4.75. The maximum absolute atomic E-state index is 12.2. The van der Waals surface area contributed by atoms with Crippen LogP contribution in [0.5, 0.6) is 0 Å². The number of carbonyl (C=O) groups excluding carboxylic acids is 1. The Morgan fingerprint density at radius 3 is 2.79 bits per heavy atom. The Labute approximate surface area is 112 Å². The Balaban J connectivity index is 2.22. The van der Waals surface area contributed by atoms with Crippen LogP contribution in [-0.2, 0) is 17.8 Å². The van der Waals surface area contributed by atoms with Gasteiger partial charge in [-0.25, -0.2) is 4.79 Å². The lowest BCUT2D eigenvalue weighted by atomic mass is 9.98. The number of benzene rings is 1. The highest BCUT2D eigenvalue weighted by molar-refractivity contribution is 5.96. The second-order valence-electron chi connectivity index (χ2n) is 4.84. The highest BCUT2D eigenvalue weighted by atomic mass is 16.4. The van der Waals surface area contributed by atoms with Crippen LogP contribution in [0, 0.1) is 0 Å². The van der Waals surface area contributed by atoms with Gasteiger partial charge in [0, 0.05) is 19.2 Å². The van der Waals surface area contributed by atoms with Crippen LogP contribution in [0.15, 0.2) is 18.2 Å². The summed E-state index contributed by atoms with van der Waals surface area (Å²) in [6.07, 6.45) is 0.897. The number of aliphatic carboxylic acids is 1. The molecule has 19 heavy (non-hydrogen) atoms. The number of carboxylic acid groups (broad SMARTS) is 1. The van der Waals surface area contributed by atoms with Crippen molar-refractivity contribution < 1.29 is 14.7 Å². The lowest BCUT2D eigenvalue weighted by Crippen LogP contribution is -2.40. The first kappa shape index (κ1) is 13.5. The van der Waals surface area contributed by atoms with E-state index >= 15 is 0 Å². The van der Waals surface area contributed by atoms with Crippen LogP contribution in [0.25, 0.3) is 0 Å². The standard InChI is InChI=1S/C14H18N2O3/c1-9(14(18)19)16(2)13(17)11-3-4-12-8-15-6-5-10(12)7-11/h3-4,7,9,15H,5-6,8H2,1-2H3,(H,18,19)/t9-/m0/s1. The van der Waals surface area contributed by atoms with Gasteiger partial charge in [-0.2, -0.15) is 0 Å². The van der Waals surface area contributed by atoms with Crippen LogP contribution < -0.4 is 5.32 Å². The number of nitrogens with one attached hydrogen (secondary N) is 1. The summed E-state index contributed by atoms with van der Waals surface area (Å²) in [5.74, 6) is -1.26. The second kappa shape index (κ2) is 5.40.